The molecule has 0 unspecified atom stereocenters. The largest absolute Gasteiger partial charge is 0.494 e. The van der Waals surface area contributed by atoms with Crippen LogP contribution in [0.15, 0.2) is 48.5 Å². The summed E-state index contributed by atoms with van der Waals surface area (Å²) in [6.07, 6.45) is 0. The second-order valence-corrected chi connectivity index (χ2v) is 7.08. The van der Waals surface area contributed by atoms with Gasteiger partial charge in [-0.05, 0) is 24.3 Å². The number of urea groups is 1. The second-order valence-electron chi connectivity index (χ2n) is 6.07. The number of fused-ring (bicyclic) bond motifs is 1. The molecule has 1 aromatic heterocycles. The number of hydrogen-bond donors (Lipinski definition) is 1. The Kier molecular flexibility index (Phi) is 4.62. The van der Waals surface area contributed by atoms with Gasteiger partial charge in [0.1, 0.15) is 11.3 Å². The zero-order chi connectivity index (χ0) is 17.9. The normalized spacial score (nSPS) is 14.5. The number of piperazine rings is 1. The molecule has 3 aromatic rings. The van der Waals surface area contributed by atoms with Gasteiger partial charge in [-0.2, -0.15) is 0 Å². The molecule has 2 amide bonds. The highest BCUT2D eigenvalue weighted by Gasteiger charge is 2.23. The van der Waals surface area contributed by atoms with Gasteiger partial charge in [0, 0.05) is 31.9 Å². The van der Waals surface area contributed by atoms with Crippen LogP contribution in [0.5, 0.6) is 5.75 Å². The summed E-state index contributed by atoms with van der Waals surface area (Å²) in [5.41, 5.74) is 1.72. The number of nitrogens with zero attached hydrogens (tertiary/aromatic N) is 3. The van der Waals surface area contributed by atoms with Crippen molar-refractivity contribution >= 4 is 38.4 Å². The predicted molar refractivity (Wildman–Crippen MR) is 105 cm³/mol. The summed E-state index contributed by atoms with van der Waals surface area (Å²) in [5, 5.41) is 3.92. The van der Waals surface area contributed by atoms with Crippen LogP contribution in [0.25, 0.3) is 10.2 Å². The highest BCUT2D eigenvalue weighted by atomic mass is 32.1. The van der Waals surface area contributed by atoms with E-state index >= 15 is 0 Å². The van der Waals surface area contributed by atoms with Gasteiger partial charge in [-0.25, -0.2) is 9.78 Å². The number of para-hydroxylation sites is 2. The van der Waals surface area contributed by atoms with E-state index < -0.39 is 0 Å². The lowest BCUT2D eigenvalue weighted by Crippen LogP contribution is -2.50. The monoisotopic (exact) mass is 368 g/mol. The van der Waals surface area contributed by atoms with Crippen LogP contribution in [0.3, 0.4) is 0 Å². The first-order valence-electron chi connectivity index (χ1n) is 8.54. The Hall–Kier alpha value is -2.80. The van der Waals surface area contributed by atoms with E-state index in [0.29, 0.717) is 13.1 Å². The van der Waals surface area contributed by atoms with Gasteiger partial charge in [-0.1, -0.05) is 35.6 Å². The highest BCUT2D eigenvalue weighted by Crippen LogP contribution is 2.34. The summed E-state index contributed by atoms with van der Waals surface area (Å²) >= 11 is 1.66. The number of benzene rings is 2. The molecule has 26 heavy (non-hydrogen) atoms. The third kappa shape index (κ3) is 3.30. The van der Waals surface area contributed by atoms with Gasteiger partial charge in [0.25, 0.3) is 0 Å². The molecular formula is C19H20N4O2S. The number of anilines is 2. The van der Waals surface area contributed by atoms with Crippen molar-refractivity contribution in [2.45, 2.75) is 0 Å². The SMILES string of the molecule is COc1cccc2sc(N3CCN(C(=O)Nc4ccccc4)CC3)nc12. The molecule has 4 rings (SSSR count). The third-order valence-corrected chi connectivity index (χ3v) is 5.53. The average Bonchev–Trinajstić information content (AvgIpc) is 3.13. The summed E-state index contributed by atoms with van der Waals surface area (Å²) in [6.45, 7) is 2.88. The molecule has 0 bridgehead atoms. The fourth-order valence-corrected chi connectivity index (χ4v) is 4.07. The molecule has 2 heterocycles. The molecular weight excluding hydrogens is 348 g/mol. The Morgan fingerprint density at radius 2 is 1.85 bits per heavy atom. The minimum absolute atomic E-state index is 0.0539. The molecule has 1 saturated heterocycles. The summed E-state index contributed by atoms with van der Waals surface area (Å²) < 4.78 is 6.51. The summed E-state index contributed by atoms with van der Waals surface area (Å²) in [4.78, 5) is 21.2. The van der Waals surface area contributed by atoms with Crippen molar-refractivity contribution in [3.8, 4) is 5.75 Å². The number of carbonyl (C=O) groups excluding carboxylic acids is 1. The van der Waals surface area contributed by atoms with E-state index in [1.54, 1.807) is 18.4 Å². The van der Waals surface area contributed by atoms with Crippen LogP contribution in [0, 0.1) is 0 Å². The highest BCUT2D eigenvalue weighted by molar-refractivity contribution is 7.22. The second kappa shape index (κ2) is 7.21. The zero-order valence-electron chi connectivity index (χ0n) is 14.5. The topological polar surface area (TPSA) is 57.7 Å². The quantitative estimate of drug-likeness (QED) is 0.767. The van der Waals surface area contributed by atoms with Crippen molar-refractivity contribution in [2.24, 2.45) is 0 Å². The maximum atomic E-state index is 12.4. The van der Waals surface area contributed by atoms with Crippen LogP contribution in [0.2, 0.25) is 0 Å². The van der Waals surface area contributed by atoms with Gasteiger partial charge in [-0.3, -0.25) is 0 Å². The van der Waals surface area contributed by atoms with Crippen molar-refractivity contribution in [3.63, 3.8) is 0 Å². The van der Waals surface area contributed by atoms with Gasteiger partial charge in [0.2, 0.25) is 0 Å². The average molecular weight is 368 g/mol. The van der Waals surface area contributed by atoms with E-state index in [2.05, 4.69) is 16.3 Å². The van der Waals surface area contributed by atoms with E-state index in [1.165, 1.54) is 0 Å². The molecule has 2 aromatic carbocycles. The minimum Gasteiger partial charge on any atom is -0.494 e. The number of methoxy groups -OCH3 is 1. The predicted octanol–water partition coefficient (Wildman–Crippen LogP) is 3.66. The van der Waals surface area contributed by atoms with Crippen molar-refractivity contribution in [3.05, 3.63) is 48.5 Å². The maximum Gasteiger partial charge on any atom is 0.321 e. The van der Waals surface area contributed by atoms with Crippen LogP contribution < -0.4 is 15.0 Å². The first kappa shape index (κ1) is 16.7. The molecule has 0 spiro atoms. The molecule has 1 aliphatic rings. The molecule has 1 fully saturated rings. The van der Waals surface area contributed by atoms with Crippen LogP contribution in [-0.2, 0) is 0 Å². The van der Waals surface area contributed by atoms with Crippen LogP contribution in [-0.4, -0.2) is 49.2 Å². The summed E-state index contributed by atoms with van der Waals surface area (Å²) in [6, 6.07) is 15.5. The van der Waals surface area contributed by atoms with Gasteiger partial charge in [0.15, 0.2) is 5.13 Å². The molecule has 134 valence electrons. The Morgan fingerprint density at radius 1 is 1.08 bits per heavy atom. The number of hydrogen-bond acceptors (Lipinski definition) is 5. The van der Waals surface area contributed by atoms with Crippen molar-refractivity contribution in [1.29, 1.82) is 0 Å². The molecule has 6 nitrogen and oxygen atoms in total. The first-order valence-corrected chi connectivity index (χ1v) is 9.36. The number of carbonyl (C=O) groups is 1. The lowest BCUT2D eigenvalue weighted by Gasteiger charge is -2.34. The number of rotatable bonds is 3. The van der Waals surface area contributed by atoms with Gasteiger partial charge < -0.3 is 19.9 Å². The van der Waals surface area contributed by atoms with Gasteiger partial charge in [-0.15, -0.1) is 0 Å². The Balaban J connectivity index is 1.41. The van der Waals surface area contributed by atoms with Crippen LogP contribution in [0.1, 0.15) is 0 Å². The molecule has 0 radical (unpaired) electrons. The Labute approximate surface area is 156 Å². The van der Waals surface area contributed by atoms with Gasteiger partial charge >= 0.3 is 6.03 Å². The molecule has 0 aliphatic carbocycles. The van der Waals surface area contributed by atoms with Gasteiger partial charge in [0.05, 0.1) is 11.8 Å². The van der Waals surface area contributed by atoms with E-state index in [9.17, 15) is 4.79 Å². The fourth-order valence-electron chi connectivity index (χ4n) is 3.04. The van der Waals surface area contributed by atoms with E-state index in [0.717, 1.165) is 39.9 Å². The van der Waals surface area contributed by atoms with Crippen molar-refractivity contribution in [2.75, 3.05) is 43.5 Å². The summed E-state index contributed by atoms with van der Waals surface area (Å²) in [5.74, 6) is 0.797. The van der Waals surface area contributed by atoms with Crippen molar-refractivity contribution in [1.82, 2.24) is 9.88 Å². The number of nitrogens with one attached hydrogen (secondary N) is 1. The molecule has 0 atom stereocenters. The number of amides is 2. The number of thiazole rings is 1. The standard InChI is InChI=1S/C19H20N4O2S/c1-25-15-8-5-9-16-17(15)21-19(26-16)23-12-10-22(11-13-23)18(24)20-14-6-3-2-4-7-14/h2-9H,10-13H2,1H3,(H,20,24). The van der Waals surface area contributed by atoms with E-state index in [4.69, 9.17) is 9.72 Å². The zero-order valence-corrected chi connectivity index (χ0v) is 15.3. The van der Waals surface area contributed by atoms with E-state index in [1.807, 2.05) is 47.4 Å². The Morgan fingerprint density at radius 3 is 2.58 bits per heavy atom. The van der Waals surface area contributed by atoms with Crippen molar-refractivity contribution < 1.29 is 9.53 Å². The molecule has 1 aliphatic heterocycles. The lowest BCUT2D eigenvalue weighted by molar-refractivity contribution is 0.208. The van der Waals surface area contributed by atoms with Crippen LogP contribution >= 0.6 is 11.3 Å². The fraction of sp³-hybridized carbons (Fsp3) is 0.263. The Bertz CT molecular complexity index is 904. The molecule has 1 N–H and O–H groups in total. The molecule has 0 saturated carbocycles. The third-order valence-electron chi connectivity index (χ3n) is 4.45. The molecule has 7 heteroatoms. The smallest absolute Gasteiger partial charge is 0.321 e. The minimum atomic E-state index is -0.0539. The van der Waals surface area contributed by atoms with E-state index in [-0.39, 0.29) is 6.03 Å². The number of ether oxygens (including phenoxy) is 1. The maximum absolute atomic E-state index is 12.4. The number of aromatic nitrogens is 1. The summed E-state index contributed by atoms with van der Waals surface area (Å²) in [7, 11) is 1.66. The lowest BCUT2D eigenvalue weighted by atomic mass is 10.3. The first-order chi connectivity index (χ1) is 12.7. The van der Waals surface area contributed by atoms with Crippen LogP contribution in [0.4, 0.5) is 15.6 Å².